The number of para-hydroxylation sites is 1. The molecule has 0 amide bonds. The van der Waals surface area contributed by atoms with Crippen LogP contribution in [0.4, 0.5) is 5.82 Å². The van der Waals surface area contributed by atoms with E-state index in [4.69, 9.17) is 4.98 Å². The number of nitrogens with zero attached hydrogens (tertiary/aromatic N) is 2. The first-order valence-electron chi connectivity index (χ1n) is 7.56. The molecule has 110 valence electrons. The van der Waals surface area contributed by atoms with Gasteiger partial charge in [0, 0.05) is 11.9 Å². The van der Waals surface area contributed by atoms with Gasteiger partial charge in [-0.1, -0.05) is 31.0 Å². The summed E-state index contributed by atoms with van der Waals surface area (Å²) in [7, 11) is 0. The summed E-state index contributed by atoms with van der Waals surface area (Å²) in [5, 5.41) is 10.6. The fourth-order valence-electron chi connectivity index (χ4n) is 3.08. The second-order valence-electron chi connectivity index (χ2n) is 5.59. The molecule has 21 heavy (non-hydrogen) atoms. The number of aldehydes is 1. The number of fused-ring (bicyclic) bond motifs is 1. The van der Waals surface area contributed by atoms with Crippen molar-refractivity contribution in [1.82, 2.24) is 4.98 Å². The summed E-state index contributed by atoms with van der Waals surface area (Å²) in [6.45, 7) is 0.949. The van der Waals surface area contributed by atoms with Crippen LogP contribution in [0.2, 0.25) is 0 Å². The Morgan fingerprint density at radius 2 is 2.14 bits per heavy atom. The molecule has 4 nitrogen and oxygen atoms in total. The topological polar surface area (TPSA) is 53.4 Å². The molecule has 1 aromatic heterocycles. The lowest BCUT2D eigenvalue weighted by Crippen LogP contribution is -2.38. The molecule has 0 aliphatic carbocycles. The van der Waals surface area contributed by atoms with E-state index in [0.717, 1.165) is 49.4 Å². The minimum Gasteiger partial charge on any atom is -0.394 e. The summed E-state index contributed by atoms with van der Waals surface area (Å²) in [5.41, 5.74) is 1.49. The number of carbonyl (C=O) groups excluding carboxylic acids is 1. The zero-order chi connectivity index (χ0) is 14.7. The standard InChI is InChI=1S/C17H20N2O2/c20-11-14-10-13-6-3-4-8-16(13)18-17(14)19-9-5-1-2-7-15(19)12-21/h3-4,6,8,10-11,15,21H,1-2,5,7,9,12H2. The Hall–Kier alpha value is -1.94. The van der Waals surface area contributed by atoms with Crippen molar-refractivity contribution in [2.24, 2.45) is 0 Å². The van der Waals surface area contributed by atoms with E-state index in [1.165, 1.54) is 0 Å². The summed E-state index contributed by atoms with van der Waals surface area (Å²) in [5.74, 6) is 0.713. The molecule has 1 aliphatic heterocycles. The van der Waals surface area contributed by atoms with Crippen LogP contribution in [0, 0.1) is 0 Å². The van der Waals surface area contributed by atoms with Gasteiger partial charge in [-0.05, 0) is 25.0 Å². The molecule has 4 heteroatoms. The third kappa shape index (κ3) is 2.76. The molecular formula is C17H20N2O2. The number of aromatic nitrogens is 1. The van der Waals surface area contributed by atoms with Gasteiger partial charge in [-0.25, -0.2) is 4.98 Å². The lowest BCUT2D eigenvalue weighted by molar-refractivity contribution is 0.112. The third-order valence-corrected chi connectivity index (χ3v) is 4.22. The maximum Gasteiger partial charge on any atom is 0.153 e. The fraction of sp³-hybridized carbons (Fsp3) is 0.412. The van der Waals surface area contributed by atoms with Crippen molar-refractivity contribution in [3.63, 3.8) is 0 Å². The van der Waals surface area contributed by atoms with Gasteiger partial charge >= 0.3 is 0 Å². The molecule has 0 spiro atoms. The van der Waals surface area contributed by atoms with Crippen LogP contribution in [-0.2, 0) is 0 Å². The molecule has 1 unspecified atom stereocenters. The van der Waals surface area contributed by atoms with Gasteiger partial charge in [0.15, 0.2) is 6.29 Å². The van der Waals surface area contributed by atoms with Gasteiger partial charge in [0.25, 0.3) is 0 Å². The van der Waals surface area contributed by atoms with E-state index in [2.05, 4.69) is 4.90 Å². The predicted octanol–water partition coefficient (Wildman–Crippen LogP) is 2.79. The Morgan fingerprint density at radius 3 is 2.95 bits per heavy atom. The van der Waals surface area contributed by atoms with Gasteiger partial charge in [-0.15, -0.1) is 0 Å². The summed E-state index contributed by atoms with van der Waals surface area (Å²) < 4.78 is 0. The van der Waals surface area contributed by atoms with Crippen LogP contribution < -0.4 is 4.90 Å². The van der Waals surface area contributed by atoms with Crippen LogP contribution in [0.5, 0.6) is 0 Å². The zero-order valence-electron chi connectivity index (χ0n) is 12.0. The van der Waals surface area contributed by atoms with E-state index in [0.29, 0.717) is 11.4 Å². The van der Waals surface area contributed by atoms with Crippen molar-refractivity contribution in [3.8, 4) is 0 Å². The Morgan fingerprint density at radius 1 is 1.29 bits per heavy atom. The highest BCUT2D eigenvalue weighted by atomic mass is 16.3. The summed E-state index contributed by atoms with van der Waals surface area (Å²) in [6.07, 6.45) is 5.17. The van der Waals surface area contributed by atoms with Crippen molar-refractivity contribution in [2.45, 2.75) is 31.7 Å². The number of hydrogen-bond acceptors (Lipinski definition) is 4. The second kappa shape index (κ2) is 6.22. The molecule has 1 atom stereocenters. The maximum absolute atomic E-state index is 11.5. The number of rotatable bonds is 3. The van der Waals surface area contributed by atoms with Crippen LogP contribution in [0.15, 0.2) is 30.3 Å². The number of hydrogen-bond donors (Lipinski definition) is 1. The first-order valence-corrected chi connectivity index (χ1v) is 7.56. The molecule has 0 radical (unpaired) electrons. The third-order valence-electron chi connectivity index (χ3n) is 4.22. The maximum atomic E-state index is 11.5. The van der Waals surface area contributed by atoms with E-state index in [9.17, 15) is 9.90 Å². The van der Waals surface area contributed by atoms with Crippen molar-refractivity contribution in [2.75, 3.05) is 18.1 Å². The first kappa shape index (κ1) is 14.0. The number of carbonyl (C=O) groups is 1. The number of aliphatic hydroxyl groups excluding tert-OH is 1. The van der Waals surface area contributed by atoms with E-state index in [-0.39, 0.29) is 12.6 Å². The fourth-order valence-corrected chi connectivity index (χ4v) is 3.08. The second-order valence-corrected chi connectivity index (χ2v) is 5.59. The van der Waals surface area contributed by atoms with Gasteiger partial charge < -0.3 is 10.0 Å². The molecule has 0 bridgehead atoms. The predicted molar refractivity (Wildman–Crippen MR) is 83.8 cm³/mol. The van der Waals surface area contributed by atoms with E-state index in [1.807, 2.05) is 30.3 Å². The molecule has 3 rings (SSSR count). The molecule has 1 saturated heterocycles. The molecule has 2 heterocycles. The smallest absolute Gasteiger partial charge is 0.153 e. The average molecular weight is 284 g/mol. The number of benzene rings is 1. The SMILES string of the molecule is O=Cc1cc2ccccc2nc1N1CCCCCC1CO. The first-order chi connectivity index (χ1) is 10.3. The van der Waals surface area contributed by atoms with Crippen molar-refractivity contribution < 1.29 is 9.90 Å². The summed E-state index contributed by atoms with van der Waals surface area (Å²) >= 11 is 0. The molecule has 1 fully saturated rings. The van der Waals surface area contributed by atoms with Crippen LogP contribution in [0.25, 0.3) is 10.9 Å². The lowest BCUT2D eigenvalue weighted by atomic mass is 10.1. The minimum atomic E-state index is 0.0554. The Bertz CT molecular complexity index is 642. The Kier molecular flexibility index (Phi) is 4.15. The van der Waals surface area contributed by atoms with Crippen molar-refractivity contribution in [3.05, 3.63) is 35.9 Å². The normalized spacial score (nSPS) is 19.5. The van der Waals surface area contributed by atoms with E-state index in [1.54, 1.807) is 0 Å². The molecule has 1 aliphatic rings. The summed E-state index contributed by atoms with van der Waals surface area (Å²) in [6, 6.07) is 9.76. The van der Waals surface area contributed by atoms with Gasteiger partial charge in [0.1, 0.15) is 5.82 Å². The van der Waals surface area contributed by atoms with Crippen LogP contribution >= 0.6 is 0 Å². The van der Waals surface area contributed by atoms with Gasteiger partial charge in [0.2, 0.25) is 0 Å². The largest absolute Gasteiger partial charge is 0.394 e. The van der Waals surface area contributed by atoms with Gasteiger partial charge in [0.05, 0.1) is 23.7 Å². The Balaban J connectivity index is 2.09. The van der Waals surface area contributed by atoms with E-state index >= 15 is 0 Å². The van der Waals surface area contributed by atoms with Crippen molar-refractivity contribution in [1.29, 1.82) is 0 Å². The molecular weight excluding hydrogens is 264 g/mol. The Labute approximate surface area is 124 Å². The van der Waals surface area contributed by atoms with Crippen LogP contribution in [0.3, 0.4) is 0 Å². The summed E-state index contributed by atoms with van der Waals surface area (Å²) in [4.78, 5) is 18.3. The van der Waals surface area contributed by atoms with Gasteiger partial charge in [-0.2, -0.15) is 0 Å². The van der Waals surface area contributed by atoms with Gasteiger partial charge in [-0.3, -0.25) is 4.79 Å². The van der Waals surface area contributed by atoms with Crippen molar-refractivity contribution >= 4 is 23.0 Å². The average Bonchev–Trinajstić information content (AvgIpc) is 2.78. The molecule has 2 aromatic rings. The monoisotopic (exact) mass is 284 g/mol. The highest BCUT2D eigenvalue weighted by Crippen LogP contribution is 2.27. The number of anilines is 1. The number of aliphatic hydroxyl groups is 1. The van der Waals surface area contributed by atoms with Crippen LogP contribution in [-0.4, -0.2) is 35.6 Å². The van der Waals surface area contributed by atoms with Crippen LogP contribution in [0.1, 0.15) is 36.0 Å². The minimum absolute atomic E-state index is 0.0554. The molecule has 1 N–H and O–H groups in total. The van der Waals surface area contributed by atoms with E-state index < -0.39 is 0 Å². The number of pyridine rings is 1. The zero-order valence-corrected chi connectivity index (χ0v) is 12.0. The lowest BCUT2D eigenvalue weighted by Gasteiger charge is -2.30. The molecule has 0 saturated carbocycles. The highest BCUT2D eigenvalue weighted by molar-refractivity contribution is 5.91. The quantitative estimate of drug-likeness (QED) is 0.881. The highest BCUT2D eigenvalue weighted by Gasteiger charge is 2.24. The molecule has 1 aromatic carbocycles.